The van der Waals surface area contributed by atoms with E-state index in [0.717, 1.165) is 10.5 Å². The molecule has 0 aliphatic carbocycles. The second kappa shape index (κ2) is 10.1. The standard InChI is InChI=1S/C22H18Br2N2O6/c1-3-31-18(27)11-32-19-16(23)9-13(10-17(19)24)8-15-20(28)25-22(30)26(21(15)29)14-6-4-12(2)5-7-14/h4-10H,3,11H2,1-2H3,(H,25,28,30)/b15-8+. The summed E-state index contributed by atoms with van der Waals surface area (Å²) in [5.41, 5.74) is 1.60. The van der Waals surface area contributed by atoms with Crippen LogP contribution in [0.2, 0.25) is 0 Å². The number of benzene rings is 2. The van der Waals surface area contributed by atoms with Crippen LogP contribution in [0.5, 0.6) is 5.75 Å². The Bertz CT molecular complexity index is 1100. The number of barbiturate groups is 1. The molecule has 1 aliphatic heterocycles. The molecule has 3 rings (SSSR count). The van der Waals surface area contributed by atoms with Gasteiger partial charge in [0.25, 0.3) is 11.8 Å². The third-order valence-corrected chi connectivity index (χ3v) is 5.54. The molecule has 0 aromatic heterocycles. The molecule has 4 amide bonds. The number of carbonyl (C=O) groups excluding carboxylic acids is 4. The first-order valence-corrected chi connectivity index (χ1v) is 11.1. The fraction of sp³-hybridized carbons (Fsp3) is 0.182. The number of nitrogens with zero attached hydrogens (tertiary/aromatic N) is 1. The van der Waals surface area contributed by atoms with E-state index in [1.807, 2.05) is 6.92 Å². The average molecular weight is 566 g/mol. The Morgan fingerprint density at radius 2 is 1.72 bits per heavy atom. The normalized spacial score (nSPS) is 15.1. The first-order chi connectivity index (χ1) is 15.2. The van der Waals surface area contributed by atoms with Gasteiger partial charge < -0.3 is 9.47 Å². The molecule has 0 saturated carbocycles. The molecule has 166 valence electrons. The SMILES string of the molecule is CCOC(=O)COc1c(Br)cc(/C=C2\C(=O)NC(=O)N(c3ccc(C)cc3)C2=O)cc1Br. The van der Waals surface area contributed by atoms with Crippen LogP contribution in [-0.2, 0) is 19.1 Å². The van der Waals surface area contributed by atoms with E-state index < -0.39 is 23.8 Å². The summed E-state index contributed by atoms with van der Waals surface area (Å²) in [5.74, 6) is -1.69. The zero-order valence-corrected chi connectivity index (χ0v) is 20.3. The smallest absolute Gasteiger partial charge is 0.344 e. The summed E-state index contributed by atoms with van der Waals surface area (Å²) in [6, 6.07) is 9.20. The van der Waals surface area contributed by atoms with Crippen LogP contribution in [0.15, 0.2) is 50.9 Å². The van der Waals surface area contributed by atoms with Crippen LogP contribution < -0.4 is 15.0 Å². The third-order valence-electron chi connectivity index (χ3n) is 4.37. The van der Waals surface area contributed by atoms with Crippen LogP contribution in [0.25, 0.3) is 6.08 Å². The largest absolute Gasteiger partial charge is 0.480 e. The van der Waals surface area contributed by atoms with E-state index in [1.165, 1.54) is 6.08 Å². The van der Waals surface area contributed by atoms with Gasteiger partial charge >= 0.3 is 12.0 Å². The number of ether oxygens (including phenoxy) is 2. The summed E-state index contributed by atoms with van der Waals surface area (Å²) < 4.78 is 11.3. The maximum Gasteiger partial charge on any atom is 0.344 e. The summed E-state index contributed by atoms with van der Waals surface area (Å²) in [6.07, 6.45) is 1.37. The summed E-state index contributed by atoms with van der Waals surface area (Å²) in [6.45, 7) is 3.55. The van der Waals surface area contributed by atoms with Crippen molar-refractivity contribution in [3.05, 3.63) is 62.0 Å². The van der Waals surface area contributed by atoms with Crippen molar-refractivity contribution in [3.8, 4) is 5.75 Å². The number of aryl methyl sites for hydroxylation is 1. The van der Waals surface area contributed by atoms with Crippen LogP contribution in [0.3, 0.4) is 0 Å². The van der Waals surface area contributed by atoms with Gasteiger partial charge in [0.1, 0.15) is 11.3 Å². The second-order valence-corrected chi connectivity index (χ2v) is 8.41. The fourth-order valence-electron chi connectivity index (χ4n) is 2.89. The van der Waals surface area contributed by atoms with Crippen molar-refractivity contribution in [3.63, 3.8) is 0 Å². The van der Waals surface area contributed by atoms with Gasteiger partial charge in [-0.15, -0.1) is 0 Å². The van der Waals surface area contributed by atoms with Crippen LogP contribution in [-0.4, -0.2) is 37.0 Å². The number of hydrogen-bond acceptors (Lipinski definition) is 6. The van der Waals surface area contributed by atoms with Gasteiger partial charge in [0.05, 0.1) is 21.2 Å². The molecule has 0 bridgehead atoms. The number of hydrogen-bond donors (Lipinski definition) is 1. The highest BCUT2D eigenvalue weighted by Crippen LogP contribution is 2.35. The van der Waals surface area contributed by atoms with E-state index in [2.05, 4.69) is 37.2 Å². The highest BCUT2D eigenvalue weighted by Gasteiger charge is 2.36. The summed E-state index contributed by atoms with van der Waals surface area (Å²) in [7, 11) is 0. The lowest BCUT2D eigenvalue weighted by Gasteiger charge is -2.26. The second-order valence-electron chi connectivity index (χ2n) is 6.70. The molecule has 2 aromatic carbocycles. The molecule has 0 unspecified atom stereocenters. The molecule has 10 heteroatoms. The number of halogens is 2. The van der Waals surface area contributed by atoms with Gasteiger partial charge in [-0.1, -0.05) is 17.7 Å². The van der Waals surface area contributed by atoms with Crippen LogP contribution in [0.1, 0.15) is 18.1 Å². The van der Waals surface area contributed by atoms with Crippen molar-refractivity contribution < 1.29 is 28.7 Å². The topological polar surface area (TPSA) is 102 Å². The predicted molar refractivity (Wildman–Crippen MR) is 124 cm³/mol. The number of amides is 4. The Hall–Kier alpha value is -2.98. The van der Waals surface area contributed by atoms with Crippen molar-refractivity contribution in [1.29, 1.82) is 0 Å². The number of rotatable bonds is 6. The quantitative estimate of drug-likeness (QED) is 0.321. The van der Waals surface area contributed by atoms with E-state index in [1.54, 1.807) is 43.3 Å². The lowest BCUT2D eigenvalue weighted by Crippen LogP contribution is -2.54. The lowest BCUT2D eigenvalue weighted by atomic mass is 10.1. The van der Waals surface area contributed by atoms with E-state index >= 15 is 0 Å². The maximum absolute atomic E-state index is 13.0. The number of esters is 1. The number of urea groups is 1. The average Bonchev–Trinajstić information content (AvgIpc) is 2.72. The molecule has 1 N–H and O–H groups in total. The first kappa shape index (κ1) is 23.7. The Balaban J connectivity index is 1.89. The zero-order chi connectivity index (χ0) is 23.4. The van der Waals surface area contributed by atoms with Crippen LogP contribution in [0, 0.1) is 6.92 Å². The summed E-state index contributed by atoms with van der Waals surface area (Å²) in [5, 5.41) is 2.19. The molecule has 32 heavy (non-hydrogen) atoms. The van der Waals surface area contributed by atoms with Gasteiger partial charge in [-0.05, 0) is 81.6 Å². The Kier molecular flexibility index (Phi) is 7.47. The fourth-order valence-corrected chi connectivity index (χ4v) is 4.34. The first-order valence-electron chi connectivity index (χ1n) is 9.46. The lowest BCUT2D eigenvalue weighted by molar-refractivity contribution is -0.145. The Morgan fingerprint density at radius 1 is 1.09 bits per heavy atom. The van der Waals surface area contributed by atoms with E-state index in [4.69, 9.17) is 9.47 Å². The Morgan fingerprint density at radius 3 is 2.31 bits per heavy atom. The molecule has 1 aliphatic rings. The molecule has 2 aromatic rings. The monoisotopic (exact) mass is 564 g/mol. The van der Waals surface area contributed by atoms with Crippen LogP contribution >= 0.6 is 31.9 Å². The maximum atomic E-state index is 13.0. The molecule has 0 atom stereocenters. The molecule has 1 heterocycles. The van der Waals surface area contributed by atoms with Gasteiger partial charge in [0.15, 0.2) is 6.61 Å². The van der Waals surface area contributed by atoms with E-state index in [0.29, 0.717) is 25.9 Å². The summed E-state index contributed by atoms with van der Waals surface area (Å²) >= 11 is 6.72. The number of anilines is 1. The highest BCUT2D eigenvalue weighted by molar-refractivity contribution is 9.11. The summed E-state index contributed by atoms with van der Waals surface area (Å²) in [4.78, 5) is 50.1. The molecular formula is C22H18Br2N2O6. The molecule has 0 spiro atoms. The van der Waals surface area contributed by atoms with Crippen LogP contribution in [0.4, 0.5) is 10.5 Å². The Labute approximate surface area is 200 Å². The van der Waals surface area contributed by atoms with Crippen molar-refractivity contribution in [2.75, 3.05) is 18.1 Å². The van der Waals surface area contributed by atoms with E-state index in [9.17, 15) is 19.2 Å². The zero-order valence-electron chi connectivity index (χ0n) is 17.1. The van der Waals surface area contributed by atoms with Crippen molar-refractivity contribution in [1.82, 2.24) is 5.32 Å². The van der Waals surface area contributed by atoms with Gasteiger partial charge in [-0.25, -0.2) is 14.5 Å². The number of carbonyl (C=O) groups is 4. The van der Waals surface area contributed by atoms with Gasteiger partial charge in [-0.3, -0.25) is 14.9 Å². The van der Waals surface area contributed by atoms with Crippen molar-refractivity contribution in [2.45, 2.75) is 13.8 Å². The van der Waals surface area contributed by atoms with Gasteiger partial charge in [-0.2, -0.15) is 0 Å². The van der Waals surface area contributed by atoms with Crippen molar-refractivity contribution in [2.24, 2.45) is 0 Å². The highest BCUT2D eigenvalue weighted by atomic mass is 79.9. The molecule has 8 nitrogen and oxygen atoms in total. The minimum atomic E-state index is -0.814. The van der Waals surface area contributed by atoms with Gasteiger partial charge in [0.2, 0.25) is 0 Å². The number of nitrogens with one attached hydrogen (secondary N) is 1. The minimum absolute atomic E-state index is 0.204. The van der Waals surface area contributed by atoms with Crippen molar-refractivity contribution >= 4 is 67.4 Å². The molecule has 0 radical (unpaired) electrons. The predicted octanol–water partition coefficient (Wildman–Crippen LogP) is 4.13. The number of imide groups is 2. The minimum Gasteiger partial charge on any atom is -0.480 e. The molecule has 1 saturated heterocycles. The molecule has 1 fully saturated rings. The molecular weight excluding hydrogens is 548 g/mol. The third kappa shape index (κ3) is 5.25. The van der Waals surface area contributed by atoms with Gasteiger partial charge in [0, 0.05) is 0 Å². The van der Waals surface area contributed by atoms with E-state index in [-0.39, 0.29) is 18.8 Å².